The Morgan fingerprint density at radius 2 is 2.10 bits per heavy atom. The molecule has 112 valence electrons. The molecule has 2 aliphatic rings. The number of nitrogens with zero attached hydrogens (tertiary/aromatic N) is 2. The second-order valence-corrected chi connectivity index (χ2v) is 6.34. The van der Waals surface area contributed by atoms with Crippen molar-refractivity contribution in [2.45, 2.75) is 56.8 Å². The van der Waals surface area contributed by atoms with Gasteiger partial charge in [-0.2, -0.15) is 4.98 Å². The van der Waals surface area contributed by atoms with Crippen molar-refractivity contribution in [2.75, 3.05) is 19.8 Å². The maximum atomic E-state index is 5.99. The Morgan fingerprint density at radius 3 is 2.75 bits per heavy atom. The van der Waals surface area contributed by atoms with Crippen LogP contribution in [0.4, 0.5) is 0 Å². The lowest BCUT2D eigenvalue weighted by atomic mass is 9.80. The first kappa shape index (κ1) is 14.0. The molecule has 1 aliphatic heterocycles. The lowest BCUT2D eigenvalue weighted by Gasteiger charge is -2.32. The van der Waals surface area contributed by atoms with E-state index < -0.39 is 0 Å². The van der Waals surface area contributed by atoms with Gasteiger partial charge in [0.1, 0.15) is 0 Å². The summed E-state index contributed by atoms with van der Waals surface area (Å²) in [6.07, 6.45) is 6.71. The van der Waals surface area contributed by atoms with Gasteiger partial charge in [-0.05, 0) is 38.0 Å². The van der Waals surface area contributed by atoms with Gasteiger partial charge in [0.15, 0.2) is 5.82 Å². The van der Waals surface area contributed by atoms with Crippen LogP contribution in [-0.2, 0) is 10.2 Å². The molecule has 2 heterocycles. The Morgan fingerprint density at radius 1 is 1.30 bits per heavy atom. The van der Waals surface area contributed by atoms with Crippen LogP contribution in [0.1, 0.15) is 63.1 Å². The fourth-order valence-electron chi connectivity index (χ4n) is 3.56. The summed E-state index contributed by atoms with van der Waals surface area (Å²) < 4.78 is 11.0. The van der Waals surface area contributed by atoms with Crippen LogP contribution in [0.5, 0.6) is 0 Å². The van der Waals surface area contributed by atoms with E-state index in [0.29, 0.717) is 12.5 Å². The summed E-state index contributed by atoms with van der Waals surface area (Å²) >= 11 is 0. The molecule has 0 spiro atoms. The minimum atomic E-state index is -0.160. The van der Waals surface area contributed by atoms with Crippen LogP contribution in [-0.4, -0.2) is 29.9 Å². The zero-order chi connectivity index (χ0) is 14.0. The van der Waals surface area contributed by atoms with E-state index in [1.807, 2.05) is 0 Å². The number of hydrogen-bond donors (Lipinski definition) is 1. The van der Waals surface area contributed by atoms with Gasteiger partial charge < -0.3 is 15.0 Å². The number of hydrogen-bond acceptors (Lipinski definition) is 5. The third-order valence-corrected chi connectivity index (χ3v) is 5.22. The second-order valence-electron chi connectivity index (χ2n) is 6.34. The average Bonchev–Trinajstić information content (AvgIpc) is 3.16. The van der Waals surface area contributed by atoms with Gasteiger partial charge in [0.2, 0.25) is 5.89 Å². The van der Waals surface area contributed by atoms with E-state index in [9.17, 15) is 0 Å². The Labute approximate surface area is 120 Å². The lowest BCUT2D eigenvalue weighted by molar-refractivity contribution is 0.0409. The van der Waals surface area contributed by atoms with Crippen LogP contribution in [0.15, 0.2) is 4.52 Å². The summed E-state index contributed by atoms with van der Waals surface area (Å²) in [6, 6.07) is 0. The molecule has 0 amide bonds. The normalized spacial score (nSPS) is 29.7. The fourth-order valence-corrected chi connectivity index (χ4v) is 3.56. The number of rotatable bonds is 4. The fraction of sp³-hybridized carbons (Fsp3) is 0.867. The van der Waals surface area contributed by atoms with Crippen LogP contribution in [0.25, 0.3) is 0 Å². The Balaban J connectivity index is 1.76. The third kappa shape index (κ3) is 2.49. The van der Waals surface area contributed by atoms with Gasteiger partial charge in [-0.15, -0.1) is 0 Å². The first-order chi connectivity index (χ1) is 9.77. The molecule has 1 aromatic heterocycles. The number of nitrogens with two attached hydrogens (primary N) is 1. The Bertz CT molecular complexity index is 440. The first-order valence-electron chi connectivity index (χ1n) is 7.89. The predicted molar refractivity (Wildman–Crippen MR) is 75.5 cm³/mol. The minimum absolute atomic E-state index is 0.160. The van der Waals surface area contributed by atoms with Crippen molar-refractivity contribution in [3.05, 3.63) is 11.7 Å². The van der Waals surface area contributed by atoms with E-state index in [4.69, 9.17) is 20.0 Å². The van der Waals surface area contributed by atoms with Crippen LogP contribution < -0.4 is 5.73 Å². The zero-order valence-corrected chi connectivity index (χ0v) is 12.3. The molecular weight excluding hydrogens is 254 g/mol. The average molecular weight is 279 g/mol. The molecule has 20 heavy (non-hydrogen) atoms. The molecule has 5 heteroatoms. The van der Waals surface area contributed by atoms with Gasteiger partial charge in [-0.25, -0.2) is 0 Å². The van der Waals surface area contributed by atoms with Crippen molar-refractivity contribution >= 4 is 0 Å². The van der Waals surface area contributed by atoms with Gasteiger partial charge in [0.05, 0.1) is 5.41 Å². The summed E-state index contributed by atoms with van der Waals surface area (Å²) in [6.45, 7) is 4.28. The topological polar surface area (TPSA) is 74.2 Å². The van der Waals surface area contributed by atoms with Crippen molar-refractivity contribution in [3.8, 4) is 0 Å². The molecule has 5 nitrogen and oxygen atoms in total. The predicted octanol–water partition coefficient (Wildman–Crippen LogP) is 2.37. The smallest absolute Gasteiger partial charge is 0.234 e. The van der Waals surface area contributed by atoms with Gasteiger partial charge >= 0.3 is 0 Å². The summed E-state index contributed by atoms with van der Waals surface area (Å²) in [5.41, 5.74) is 5.83. The zero-order valence-electron chi connectivity index (χ0n) is 12.3. The SMILES string of the molecule is CCC1CCC(c2noc(C3(CN)CCOCC3)n2)C1. The minimum Gasteiger partial charge on any atom is -0.381 e. The van der Waals surface area contributed by atoms with Crippen LogP contribution in [0.3, 0.4) is 0 Å². The van der Waals surface area contributed by atoms with E-state index in [2.05, 4.69) is 12.1 Å². The molecule has 2 N–H and O–H groups in total. The molecule has 0 bridgehead atoms. The van der Waals surface area contributed by atoms with Crippen molar-refractivity contribution in [3.63, 3.8) is 0 Å². The van der Waals surface area contributed by atoms with Crippen molar-refractivity contribution in [1.82, 2.24) is 10.1 Å². The van der Waals surface area contributed by atoms with Crippen molar-refractivity contribution in [2.24, 2.45) is 11.7 Å². The number of ether oxygens (including phenoxy) is 1. The highest BCUT2D eigenvalue weighted by Gasteiger charge is 2.39. The molecule has 2 unspecified atom stereocenters. The van der Waals surface area contributed by atoms with Gasteiger partial charge in [-0.3, -0.25) is 0 Å². The highest BCUT2D eigenvalue weighted by molar-refractivity contribution is 5.10. The van der Waals surface area contributed by atoms with Gasteiger partial charge in [0.25, 0.3) is 0 Å². The summed E-state index contributed by atoms with van der Waals surface area (Å²) in [5, 5.41) is 4.25. The molecular formula is C15H25N3O2. The highest BCUT2D eigenvalue weighted by atomic mass is 16.5. The van der Waals surface area contributed by atoms with E-state index in [1.54, 1.807) is 0 Å². The van der Waals surface area contributed by atoms with Gasteiger partial charge in [-0.1, -0.05) is 18.5 Å². The first-order valence-corrected chi connectivity index (χ1v) is 7.89. The molecule has 1 saturated carbocycles. The standard InChI is InChI=1S/C15H25N3O2/c1-2-11-3-4-12(9-11)13-17-14(20-18-13)15(10-16)5-7-19-8-6-15/h11-12H,2-10,16H2,1H3. The molecule has 2 atom stereocenters. The monoisotopic (exact) mass is 279 g/mol. The Kier molecular flexibility index (Phi) is 4.08. The molecule has 0 aromatic carbocycles. The molecule has 2 fully saturated rings. The quantitative estimate of drug-likeness (QED) is 0.916. The van der Waals surface area contributed by atoms with Crippen LogP contribution in [0, 0.1) is 5.92 Å². The molecule has 1 aliphatic carbocycles. The van der Waals surface area contributed by atoms with Crippen LogP contribution >= 0.6 is 0 Å². The summed E-state index contributed by atoms with van der Waals surface area (Å²) in [5.74, 6) is 2.94. The third-order valence-electron chi connectivity index (χ3n) is 5.22. The summed E-state index contributed by atoms with van der Waals surface area (Å²) in [7, 11) is 0. The van der Waals surface area contributed by atoms with Gasteiger partial charge in [0, 0.05) is 25.7 Å². The maximum Gasteiger partial charge on any atom is 0.234 e. The van der Waals surface area contributed by atoms with Crippen molar-refractivity contribution in [1.29, 1.82) is 0 Å². The van der Waals surface area contributed by atoms with E-state index >= 15 is 0 Å². The largest absolute Gasteiger partial charge is 0.381 e. The highest BCUT2D eigenvalue weighted by Crippen LogP contribution is 2.40. The van der Waals surface area contributed by atoms with Crippen molar-refractivity contribution < 1.29 is 9.26 Å². The maximum absolute atomic E-state index is 5.99. The molecule has 1 saturated heterocycles. The van der Waals surface area contributed by atoms with E-state index in [0.717, 1.165) is 43.7 Å². The molecule has 0 radical (unpaired) electrons. The summed E-state index contributed by atoms with van der Waals surface area (Å²) in [4.78, 5) is 4.71. The second kappa shape index (κ2) is 5.82. The van der Waals surface area contributed by atoms with Crippen LogP contribution in [0.2, 0.25) is 0 Å². The van der Waals surface area contributed by atoms with E-state index in [-0.39, 0.29) is 5.41 Å². The number of aromatic nitrogens is 2. The lowest BCUT2D eigenvalue weighted by Crippen LogP contribution is -2.40. The van der Waals surface area contributed by atoms with E-state index in [1.165, 1.54) is 25.7 Å². The molecule has 1 aromatic rings. The Hall–Kier alpha value is -0.940. The molecule has 3 rings (SSSR count).